The molecule has 1 aromatic rings. The third-order valence-corrected chi connectivity index (χ3v) is 4.25. The van der Waals surface area contributed by atoms with Crippen molar-refractivity contribution in [3.05, 3.63) is 34.3 Å². The van der Waals surface area contributed by atoms with E-state index in [0.29, 0.717) is 13.0 Å². The van der Waals surface area contributed by atoms with Crippen molar-refractivity contribution in [3.63, 3.8) is 0 Å². The zero-order valence-corrected chi connectivity index (χ0v) is 12.3. The van der Waals surface area contributed by atoms with Crippen LogP contribution in [0.15, 0.2) is 28.7 Å². The van der Waals surface area contributed by atoms with Crippen molar-refractivity contribution >= 4 is 27.8 Å². The Morgan fingerprint density at radius 1 is 1.37 bits per heavy atom. The Kier molecular flexibility index (Phi) is 4.24. The molecular formula is C14H16BrNO3. The fourth-order valence-electron chi connectivity index (χ4n) is 2.12. The van der Waals surface area contributed by atoms with Gasteiger partial charge >= 0.3 is 5.97 Å². The second-order valence-corrected chi connectivity index (χ2v) is 5.74. The number of halogens is 1. The molecule has 1 aromatic carbocycles. The fourth-order valence-corrected chi connectivity index (χ4v) is 2.61. The molecule has 1 saturated carbocycles. The van der Waals surface area contributed by atoms with Gasteiger partial charge in [0, 0.05) is 18.1 Å². The van der Waals surface area contributed by atoms with Crippen LogP contribution in [0.1, 0.15) is 12.0 Å². The van der Waals surface area contributed by atoms with Crippen LogP contribution in [0.5, 0.6) is 0 Å². The molecular weight excluding hydrogens is 310 g/mol. The van der Waals surface area contributed by atoms with Gasteiger partial charge in [-0.2, -0.15) is 0 Å². The molecule has 2 atom stereocenters. The van der Waals surface area contributed by atoms with Crippen LogP contribution in [0, 0.1) is 11.8 Å². The van der Waals surface area contributed by atoms with Gasteiger partial charge in [-0.1, -0.05) is 34.1 Å². The number of aliphatic carboxylic acids is 1. The SMILES string of the molecule is CN(CCc1ccccc1Br)C(=O)C1CC1C(=O)O. The topological polar surface area (TPSA) is 57.6 Å². The number of hydrogen-bond donors (Lipinski definition) is 1. The van der Waals surface area contributed by atoms with Crippen molar-refractivity contribution in [2.75, 3.05) is 13.6 Å². The zero-order chi connectivity index (χ0) is 14.0. The molecule has 0 heterocycles. The molecule has 5 heteroatoms. The van der Waals surface area contributed by atoms with E-state index in [1.165, 1.54) is 0 Å². The fraction of sp³-hybridized carbons (Fsp3) is 0.429. The summed E-state index contributed by atoms with van der Waals surface area (Å²) in [5.41, 5.74) is 1.15. The largest absolute Gasteiger partial charge is 0.481 e. The smallest absolute Gasteiger partial charge is 0.307 e. The van der Waals surface area contributed by atoms with E-state index in [9.17, 15) is 9.59 Å². The van der Waals surface area contributed by atoms with Gasteiger partial charge in [-0.05, 0) is 24.5 Å². The second kappa shape index (κ2) is 5.74. The first-order valence-corrected chi connectivity index (χ1v) is 7.01. The number of amides is 1. The number of hydrogen-bond acceptors (Lipinski definition) is 2. The Labute approximate surface area is 120 Å². The van der Waals surface area contributed by atoms with Gasteiger partial charge in [0.15, 0.2) is 0 Å². The van der Waals surface area contributed by atoms with Crippen molar-refractivity contribution in [2.24, 2.45) is 11.8 Å². The average molecular weight is 326 g/mol. The normalized spacial score (nSPS) is 20.9. The molecule has 0 aliphatic heterocycles. The van der Waals surface area contributed by atoms with Gasteiger partial charge in [0.05, 0.1) is 11.8 Å². The summed E-state index contributed by atoms with van der Waals surface area (Å²) in [6.45, 7) is 0.601. The molecule has 0 saturated heterocycles. The van der Waals surface area contributed by atoms with E-state index in [1.54, 1.807) is 11.9 Å². The van der Waals surface area contributed by atoms with Gasteiger partial charge in [-0.15, -0.1) is 0 Å². The van der Waals surface area contributed by atoms with Gasteiger partial charge in [-0.3, -0.25) is 9.59 Å². The molecule has 0 radical (unpaired) electrons. The summed E-state index contributed by atoms with van der Waals surface area (Å²) in [5, 5.41) is 8.82. The first kappa shape index (κ1) is 14.1. The minimum Gasteiger partial charge on any atom is -0.481 e. The molecule has 1 aliphatic carbocycles. The standard InChI is InChI=1S/C14H16BrNO3/c1-16(13(17)10-8-11(10)14(18)19)7-6-9-4-2-3-5-12(9)15/h2-5,10-11H,6-8H2,1H3,(H,18,19). The molecule has 1 N–H and O–H groups in total. The lowest BCUT2D eigenvalue weighted by Gasteiger charge is -2.17. The number of nitrogens with zero attached hydrogens (tertiary/aromatic N) is 1. The van der Waals surface area contributed by atoms with E-state index in [4.69, 9.17) is 5.11 Å². The molecule has 1 amide bonds. The molecule has 1 aliphatic rings. The van der Waals surface area contributed by atoms with E-state index in [-0.39, 0.29) is 11.8 Å². The Morgan fingerprint density at radius 3 is 2.63 bits per heavy atom. The lowest BCUT2D eigenvalue weighted by atomic mass is 10.1. The van der Waals surface area contributed by atoms with Crippen molar-refractivity contribution in [1.29, 1.82) is 0 Å². The van der Waals surface area contributed by atoms with Crippen molar-refractivity contribution in [3.8, 4) is 0 Å². The van der Waals surface area contributed by atoms with E-state index in [1.807, 2.05) is 24.3 Å². The number of carbonyl (C=O) groups excluding carboxylic acids is 1. The Bertz CT molecular complexity index is 503. The van der Waals surface area contributed by atoms with Crippen LogP contribution in [0.4, 0.5) is 0 Å². The lowest BCUT2D eigenvalue weighted by molar-refractivity contribution is -0.141. The molecule has 0 bridgehead atoms. The Hall–Kier alpha value is -1.36. The van der Waals surface area contributed by atoms with E-state index in [2.05, 4.69) is 15.9 Å². The molecule has 19 heavy (non-hydrogen) atoms. The van der Waals surface area contributed by atoms with E-state index < -0.39 is 11.9 Å². The highest BCUT2D eigenvalue weighted by Crippen LogP contribution is 2.39. The predicted octanol–water partition coefficient (Wildman–Crippen LogP) is 2.17. The first-order valence-electron chi connectivity index (χ1n) is 6.22. The van der Waals surface area contributed by atoms with Gasteiger partial charge in [0.25, 0.3) is 0 Å². The molecule has 102 valence electrons. The predicted molar refractivity (Wildman–Crippen MR) is 74.7 cm³/mol. The molecule has 0 aromatic heterocycles. The summed E-state index contributed by atoms with van der Waals surface area (Å²) in [5.74, 6) is -1.71. The third-order valence-electron chi connectivity index (χ3n) is 3.48. The number of benzene rings is 1. The highest BCUT2D eigenvalue weighted by molar-refractivity contribution is 9.10. The van der Waals surface area contributed by atoms with Crippen molar-refractivity contribution < 1.29 is 14.7 Å². The highest BCUT2D eigenvalue weighted by atomic mass is 79.9. The van der Waals surface area contributed by atoms with Crippen molar-refractivity contribution in [2.45, 2.75) is 12.8 Å². The lowest BCUT2D eigenvalue weighted by Crippen LogP contribution is -2.31. The summed E-state index contributed by atoms with van der Waals surface area (Å²) >= 11 is 3.47. The first-order chi connectivity index (χ1) is 9.00. The molecule has 1 fully saturated rings. The van der Waals surface area contributed by atoms with Gasteiger partial charge < -0.3 is 10.0 Å². The third kappa shape index (κ3) is 3.35. The summed E-state index contributed by atoms with van der Waals surface area (Å²) < 4.78 is 1.03. The maximum Gasteiger partial charge on any atom is 0.307 e. The number of carboxylic acids is 1. The van der Waals surface area contributed by atoms with Crippen molar-refractivity contribution in [1.82, 2.24) is 4.90 Å². The highest BCUT2D eigenvalue weighted by Gasteiger charge is 2.49. The summed E-state index contributed by atoms with van der Waals surface area (Å²) in [4.78, 5) is 24.4. The van der Waals surface area contributed by atoms with Gasteiger partial charge in [0.2, 0.25) is 5.91 Å². The van der Waals surface area contributed by atoms with Crippen LogP contribution in [-0.4, -0.2) is 35.5 Å². The van der Waals surface area contributed by atoms with Gasteiger partial charge in [0.1, 0.15) is 0 Å². The Balaban J connectivity index is 1.85. The summed E-state index contributed by atoms with van der Waals surface area (Å²) in [6, 6.07) is 7.89. The van der Waals surface area contributed by atoms with Crippen LogP contribution < -0.4 is 0 Å². The quantitative estimate of drug-likeness (QED) is 0.902. The average Bonchev–Trinajstić information content (AvgIpc) is 3.17. The number of carbonyl (C=O) groups is 2. The second-order valence-electron chi connectivity index (χ2n) is 4.89. The summed E-state index contributed by atoms with van der Waals surface area (Å²) in [6.07, 6.45) is 1.24. The maximum atomic E-state index is 12.0. The van der Waals surface area contributed by atoms with Crippen LogP contribution >= 0.6 is 15.9 Å². The minimum absolute atomic E-state index is 0.0561. The van der Waals surface area contributed by atoms with Crippen LogP contribution in [0.2, 0.25) is 0 Å². The molecule has 4 nitrogen and oxygen atoms in total. The van der Waals surface area contributed by atoms with Crippen LogP contribution in [0.3, 0.4) is 0 Å². The van der Waals surface area contributed by atoms with E-state index in [0.717, 1.165) is 16.5 Å². The van der Waals surface area contributed by atoms with Gasteiger partial charge in [-0.25, -0.2) is 0 Å². The van der Waals surface area contributed by atoms with E-state index >= 15 is 0 Å². The molecule has 2 rings (SSSR count). The number of rotatable bonds is 5. The van der Waals surface area contributed by atoms with Crippen LogP contribution in [0.25, 0.3) is 0 Å². The minimum atomic E-state index is -0.863. The zero-order valence-electron chi connectivity index (χ0n) is 10.7. The molecule has 0 spiro atoms. The van der Waals surface area contributed by atoms with Crippen LogP contribution in [-0.2, 0) is 16.0 Å². The number of likely N-dealkylation sites (N-methyl/N-ethyl adjacent to an activating group) is 1. The number of carboxylic acid groups (broad SMARTS) is 1. The summed E-state index contributed by atoms with van der Waals surface area (Å²) in [7, 11) is 1.73. The maximum absolute atomic E-state index is 12.0. The molecule has 2 unspecified atom stereocenters. The Morgan fingerprint density at radius 2 is 2.05 bits per heavy atom. The monoisotopic (exact) mass is 325 g/mol.